The zero-order valence-corrected chi connectivity index (χ0v) is 12.5. The number of hydrogen-bond donors (Lipinski definition) is 2. The van der Waals surface area contributed by atoms with E-state index in [4.69, 9.17) is 5.73 Å². The molecule has 5 heteroatoms. The molecule has 0 bridgehead atoms. The van der Waals surface area contributed by atoms with Gasteiger partial charge in [0.05, 0.1) is 0 Å². The topological polar surface area (TPSA) is 75.4 Å². The fourth-order valence-electron chi connectivity index (χ4n) is 2.51. The van der Waals surface area contributed by atoms with E-state index < -0.39 is 0 Å². The third-order valence-electron chi connectivity index (χ3n) is 3.93. The van der Waals surface area contributed by atoms with Gasteiger partial charge in [-0.3, -0.25) is 9.59 Å². The molecule has 0 spiro atoms. The van der Waals surface area contributed by atoms with Crippen molar-refractivity contribution in [2.24, 2.45) is 0 Å². The number of nitrogens with two attached hydrogens (primary N) is 1. The highest BCUT2D eigenvalue weighted by Crippen LogP contribution is 2.20. The van der Waals surface area contributed by atoms with E-state index in [-0.39, 0.29) is 11.8 Å². The standard InChI is InChI=1S/C16H23N3O2/c1-12-13(17)6-5-7-14(12)18-15(20)9-11-19-10-4-2-3-8-16(19)21/h5-7H,2-4,8-11,17H2,1H3,(H,18,20). The lowest BCUT2D eigenvalue weighted by Gasteiger charge is -2.20. The van der Waals surface area contributed by atoms with E-state index in [1.807, 2.05) is 19.1 Å². The van der Waals surface area contributed by atoms with Gasteiger partial charge in [-0.25, -0.2) is 0 Å². The largest absolute Gasteiger partial charge is 0.398 e. The van der Waals surface area contributed by atoms with E-state index in [1.54, 1.807) is 11.0 Å². The summed E-state index contributed by atoms with van der Waals surface area (Å²) >= 11 is 0. The summed E-state index contributed by atoms with van der Waals surface area (Å²) < 4.78 is 0. The molecule has 0 aliphatic carbocycles. The van der Waals surface area contributed by atoms with Gasteiger partial charge in [-0.1, -0.05) is 12.5 Å². The first-order valence-corrected chi connectivity index (χ1v) is 7.50. The summed E-state index contributed by atoms with van der Waals surface area (Å²) in [5.74, 6) is 0.0844. The number of anilines is 2. The number of nitrogens with zero attached hydrogens (tertiary/aromatic N) is 1. The first-order valence-electron chi connectivity index (χ1n) is 7.50. The smallest absolute Gasteiger partial charge is 0.226 e. The summed E-state index contributed by atoms with van der Waals surface area (Å²) in [5, 5.41) is 2.86. The van der Waals surface area contributed by atoms with Crippen LogP contribution in [0.4, 0.5) is 11.4 Å². The van der Waals surface area contributed by atoms with Crippen LogP contribution in [0.15, 0.2) is 18.2 Å². The summed E-state index contributed by atoms with van der Waals surface area (Å²) in [6.07, 6.45) is 4.01. The van der Waals surface area contributed by atoms with E-state index in [0.717, 1.165) is 37.1 Å². The minimum absolute atomic E-state index is 0.0826. The van der Waals surface area contributed by atoms with Gasteiger partial charge in [0.25, 0.3) is 0 Å². The first-order chi connectivity index (χ1) is 10.1. The Balaban J connectivity index is 1.87. The van der Waals surface area contributed by atoms with Crippen LogP contribution >= 0.6 is 0 Å². The lowest BCUT2D eigenvalue weighted by atomic mass is 10.1. The molecule has 2 amide bonds. The minimum Gasteiger partial charge on any atom is -0.398 e. The molecule has 3 N–H and O–H groups in total. The van der Waals surface area contributed by atoms with Crippen LogP contribution in [0.5, 0.6) is 0 Å². The predicted octanol–water partition coefficient (Wildman–Crippen LogP) is 2.31. The maximum atomic E-state index is 12.0. The van der Waals surface area contributed by atoms with Crippen molar-refractivity contribution in [3.63, 3.8) is 0 Å². The molecular formula is C16H23N3O2. The molecule has 0 aromatic heterocycles. The van der Waals surface area contributed by atoms with Crippen molar-refractivity contribution in [1.82, 2.24) is 4.90 Å². The summed E-state index contributed by atoms with van der Waals surface area (Å²) in [5.41, 5.74) is 8.09. The molecule has 0 saturated carbocycles. The number of nitrogens with one attached hydrogen (secondary N) is 1. The van der Waals surface area contributed by atoms with Gasteiger partial charge in [0, 0.05) is 37.3 Å². The molecular weight excluding hydrogens is 266 g/mol. The average Bonchev–Trinajstić information content (AvgIpc) is 2.66. The molecule has 21 heavy (non-hydrogen) atoms. The number of carbonyl (C=O) groups excluding carboxylic acids is 2. The maximum absolute atomic E-state index is 12.0. The molecule has 1 saturated heterocycles. The molecule has 2 rings (SSSR count). The average molecular weight is 289 g/mol. The van der Waals surface area contributed by atoms with Crippen LogP contribution in [0.1, 0.15) is 37.7 Å². The summed E-state index contributed by atoms with van der Waals surface area (Å²) in [4.78, 5) is 25.7. The quantitative estimate of drug-likeness (QED) is 0.835. The Bertz CT molecular complexity index is 528. The van der Waals surface area contributed by atoms with Crippen LogP contribution < -0.4 is 11.1 Å². The van der Waals surface area contributed by atoms with E-state index >= 15 is 0 Å². The monoisotopic (exact) mass is 289 g/mol. The Labute approximate surface area is 125 Å². The van der Waals surface area contributed by atoms with Crippen LogP contribution in [-0.2, 0) is 9.59 Å². The van der Waals surface area contributed by atoms with Crippen LogP contribution in [0.25, 0.3) is 0 Å². The number of carbonyl (C=O) groups is 2. The molecule has 1 aliphatic rings. The Morgan fingerprint density at radius 3 is 2.95 bits per heavy atom. The van der Waals surface area contributed by atoms with Crippen LogP contribution in [0.2, 0.25) is 0 Å². The van der Waals surface area contributed by atoms with Gasteiger partial charge < -0.3 is 16.0 Å². The van der Waals surface area contributed by atoms with Crippen LogP contribution in [0.3, 0.4) is 0 Å². The Morgan fingerprint density at radius 1 is 1.33 bits per heavy atom. The van der Waals surface area contributed by atoms with E-state index in [9.17, 15) is 9.59 Å². The second kappa shape index (κ2) is 7.11. The molecule has 1 fully saturated rings. The highest BCUT2D eigenvalue weighted by atomic mass is 16.2. The molecule has 0 atom stereocenters. The second-order valence-electron chi connectivity index (χ2n) is 5.51. The zero-order valence-electron chi connectivity index (χ0n) is 12.5. The number of nitrogen functional groups attached to an aromatic ring is 1. The van der Waals surface area contributed by atoms with Crippen molar-refractivity contribution in [3.05, 3.63) is 23.8 Å². The molecule has 0 unspecified atom stereocenters. The first kappa shape index (κ1) is 15.4. The van der Waals surface area contributed by atoms with E-state index in [1.165, 1.54) is 0 Å². The van der Waals surface area contributed by atoms with E-state index in [2.05, 4.69) is 5.32 Å². The van der Waals surface area contributed by atoms with Gasteiger partial charge in [-0.15, -0.1) is 0 Å². The lowest BCUT2D eigenvalue weighted by molar-refractivity contribution is -0.131. The van der Waals surface area contributed by atoms with E-state index in [0.29, 0.717) is 25.1 Å². The Morgan fingerprint density at radius 2 is 2.14 bits per heavy atom. The predicted molar refractivity (Wildman–Crippen MR) is 83.9 cm³/mol. The van der Waals surface area contributed by atoms with Crippen molar-refractivity contribution in [1.29, 1.82) is 0 Å². The third kappa shape index (κ3) is 4.21. The van der Waals surface area contributed by atoms with Gasteiger partial charge in [-0.05, 0) is 37.5 Å². The number of benzene rings is 1. The number of rotatable bonds is 4. The molecule has 1 heterocycles. The highest BCUT2D eigenvalue weighted by molar-refractivity contribution is 5.92. The minimum atomic E-state index is -0.0826. The zero-order chi connectivity index (χ0) is 15.2. The molecule has 5 nitrogen and oxygen atoms in total. The number of likely N-dealkylation sites (tertiary alicyclic amines) is 1. The third-order valence-corrected chi connectivity index (χ3v) is 3.93. The van der Waals surface area contributed by atoms with Gasteiger partial charge in [0.1, 0.15) is 0 Å². The van der Waals surface area contributed by atoms with Gasteiger partial charge in [0.15, 0.2) is 0 Å². The van der Waals surface area contributed by atoms with Crippen molar-refractivity contribution < 1.29 is 9.59 Å². The van der Waals surface area contributed by atoms with Gasteiger partial charge in [-0.2, -0.15) is 0 Å². The Hall–Kier alpha value is -2.04. The summed E-state index contributed by atoms with van der Waals surface area (Å²) in [6, 6.07) is 5.46. The lowest BCUT2D eigenvalue weighted by Crippen LogP contribution is -2.33. The normalized spacial score (nSPS) is 15.7. The Kier molecular flexibility index (Phi) is 5.20. The molecule has 1 aromatic rings. The van der Waals surface area contributed by atoms with Crippen LogP contribution in [0, 0.1) is 6.92 Å². The van der Waals surface area contributed by atoms with Crippen molar-refractivity contribution in [2.75, 3.05) is 24.1 Å². The fraction of sp³-hybridized carbons (Fsp3) is 0.500. The fourth-order valence-corrected chi connectivity index (χ4v) is 2.51. The highest BCUT2D eigenvalue weighted by Gasteiger charge is 2.17. The molecule has 114 valence electrons. The molecule has 1 aliphatic heterocycles. The van der Waals surface area contributed by atoms with Crippen LogP contribution in [-0.4, -0.2) is 29.8 Å². The molecule has 1 aromatic carbocycles. The van der Waals surface area contributed by atoms with Crippen molar-refractivity contribution in [3.8, 4) is 0 Å². The van der Waals surface area contributed by atoms with Gasteiger partial charge in [0.2, 0.25) is 11.8 Å². The summed E-state index contributed by atoms with van der Waals surface area (Å²) in [7, 11) is 0. The second-order valence-corrected chi connectivity index (χ2v) is 5.51. The summed E-state index contributed by atoms with van der Waals surface area (Å²) in [6.45, 7) is 3.14. The number of hydrogen-bond acceptors (Lipinski definition) is 3. The van der Waals surface area contributed by atoms with Crippen molar-refractivity contribution >= 4 is 23.2 Å². The molecule has 0 radical (unpaired) electrons. The maximum Gasteiger partial charge on any atom is 0.226 e. The van der Waals surface area contributed by atoms with Gasteiger partial charge >= 0.3 is 0 Å². The number of amides is 2. The van der Waals surface area contributed by atoms with Crippen molar-refractivity contribution in [2.45, 2.75) is 39.0 Å². The SMILES string of the molecule is Cc1c(N)cccc1NC(=O)CCN1CCCCCC1=O.